The van der Waals surface area contributed by atoms with Crippen LogP contribution in [0.3, 0.4) is 0 Å². The first kappa shape index (κ1) is 33.3. The van der Waals surface area contributed by atoms with Gasteiger partial charge in [0, 0.05) is 55.2 Å². The molecule has 0 bridgehead atoms. The number of rotatable bonds is 6. The Morgan fingerprint density at radius 1 is 0.305 bits per heavy atom. The summed E-state index contributed by atoms with van der Waals surface area (Å²) >= 11 is 0. The van der Waals surface area contributed by atoms with Crippen LogP contribution in [0.1, 0.15) is 0 Å². The molecule has 0 fully saturated rings. The summed E-state index contributed by atoms with van der Waals surface area (Å²) in [5.41, 5.74) is 12.6. The van der Waals surface area contributed by atoms with Crippen molar-refractivity contribution in [3.05, 3.63) is 224 Å². The van der Waals surface area contributed by atoms with E-state index in [9.17, 15) is 0 Å². The molecule has 0 radical (unpaired) electrons. The molecule has 0 saturated carbocycles. The molecule has 0 aliphatic heterocycles. The van der Waals surface area contributed by atoms with E-state index in [4.69, 9.17) is 0 Å². The van der Waals surface area contributed by atoms with Crippen LogP contribution in [0.25, 0.3) is 87.7 Å². The van der Waals surface area contributed by atoms with Crippen LogP contribution < -0.4 is 4.90 Å². The summed E-state index contributed by atoms with van der Waals surface area (Å²) in [6.07, 6.45) is 0. The molecule has 12 aromatic rings. The van der Waals surface area contributed by atoms with Crippen LogP contribution in [0.15, 0.2) is 224 Å². The second kappa shape index (κ2) is 13.4. The van der Waals surface area contributed by atoms with Gasteiger partial charge in [-0.05, 0) is 88.5 Å². The van der Waals surface area contributed by atoms with E-state index in [1.807, 2.05) is 0 Å². The van der Waals surface area contributed by atoms with Gasteiger partial charge in [-0.3, -0.25) is 0 Å². The van der Waals surface area contributed by atoms with Gasteiger partial charge in [-0.2, -0.15) is 0 Å². The molecule has 0 spiro atoms. The Morgan fingerprint density at radius 2 is 0.864 bits per heavy atom. The van der Waals surface area contributed by atoms with E-state index in [0.29, 0.717) is 0 Å². The zero-order valence-corrected chi connectivity index (χ0v) is 32.2. The van der Waals surface area contributed by atoms with Crippen molar-refractivity contribution < 1.29 is 0 Å². The normalized spacial score (nSPS) is 11.7. The summed E-state index contributed by atoms with van der Waals surface area (Å²) in [5.74, 6) is 0. The van der Waals surface area contributed by atoms with Gasteiger partial charge in [-0.15, -0.1) is 0 Å². The van der Waals surface area contributed by atoms with Gasteiger partial charge in [0.1, 0.15) is 0 Å². The highest BCUT2D eigenvalue weighted by Gasteiger charge is 2.22. The molecule has 59 heavy (non-hydrogen) atoms. The highest BCUT2D eigenvalue weighted by molar-refractivity contribution is 6.14. The fraction of sp³-hybridized carbons (Fsp3) is 0. The van der Waals surface area contributed by atoms with Gasteiger partial charge in [0.2, 0.25) is 0 Å². The summed E-state index contributed by atoms with van der Waals surface area (Å²) in [4.78, 5) is 2.46. The van der Waals surface area contributed by atoms with Gasteiger partial charge >= 0.3 is 0 Å². The standard InChI is InChI=1S/C56H37N3/c1-2-20-42(21-3-1)59-55-30-13-10-25-50(55)51-27-15-26-47(56(51)59)41-35-44(37-45(36-41)58-53-28-11-8-23-48(53)49-24-9-12-29-54(49)58)57(43-33-32-38-16-4-5-18-40(38)34-43)52-31-14-19-39-17-6-7-22-46(39)52/h1-37H. The molecule has 0 unspecified atom stereocenters. The van der Waals surface area contributed by atoms with Gasteiger partial charge in [-0.25, -0.2) is 0 Å². The van der Waals surface area contributed by atoms with Crippen LogP contribution in [0.5, 0.6) is 0 Å². The molecular formula is C56H37N3. The maximum Gasteiger partial charge on any atom is 0.0619 e. The number of fused-ring (bicyclic) bond motifs is 8. The number of hydrogen-bond acceptors (Lipinski definition) is 1. The molecule has 3 nitrogen and oxygen atoms in total. The Bertz CT molecular complexity index is 3510. The third-order valence-electron chi connectivity index (χ3n) is 12.0. The zero-order valence-electron chi connectivity index (χ0n) is 32.2. The minimum atomic E-state index is 1.07. The number of aromatic nitrogens is 2. The molecule has 0 aliphatic carbocycles. The first-order valence-corrected chi connectivity index (χ1v) is 20.3. The Morgan fingerprint density at radius 3 is 1.61 bits per heavy atom. The maximum atomic E-state index is 2.46. The Balaban J connectivity index is 1.22. The lowest BCUT2D eigenvalue weighted by Crippen LogP contribution is -2.11. The van der Waals surface area contributed by atoms with Crippen molar-refractivity contribution in [3.8, 4) is 22.5 Å². The minimum Gasteiger partial charge on any atom is -0.310 e. The average Bonchev–Trinajstić information content (AvgIpc) is 3.83. The van der Waals surface area contributed by atoms with Crippen molar-refractivity contribution in [1.29, 1.82) is 0 Å². The van der Waals surface area contributed by atoms with Crippen molar-refractivity contribution in [2.75, 3.05) is 4.90 Å². The molecule has 10 aromatic carbocycles. The molecule has 0 atom stereocenters. The van der Waals surface area contributed by atoms with Crippen LogP contribution >= 0.6 is 0 Å². The number of anilines is 3. The lowest BCUT2D eigenvalue weighted by atomic mass is 9.99. The fourth-order valence-electron chi connectivity index (χ4n) is 9.45. The van der Waals surface area contributed by atoms with Gasteiger partial charge in [-0.1, -0.05) is 158 Å². The number of para-hydroxylation sites is 5. The molecule has 0 N–H and O–H groups in total. The topological polar surface area (TPSA) is 13.1 Å². The molecule has 3 heteroatoms. The molecule has 0 amide bonds. The average molecular weight is 752 g/mol. The lowest BCUT2D eigenvalue weighted by Gasteiger charge is -2.28. The van der Waals surface area contributed by atoms with Crippen LogP contribution in [0.2, 0.25) is 0 Å². The first-order chi connectivity index (χ1) is 29.3. The Hall–Kier alpha value is -7.88. The van der Waals surface area contributed by atoms with Crippen LogP contribution in [-0.4, -0.2) is 9.13 Å². The largest absolute Gasteiger partial charge is 0.310 e. The molecule has 2 aromatic heterocycles. The predicted octanol–water partition coefficient (Wildman–Crippen LogP) is 15.3. The summed E-state index contributed by atoms with van der Waals surface area (Å²) in [5, 5.41) is 9.75. The fourth-order valence-corrected chi connectivity index (χ4v) is 9.45. The van der Waals surface area contributed by atoms with E-state index in [-0.39, 0.29) is 0 Å². The molecule has 276 valence electrons. The summed E-state index contributed by atoms with van der Waals surface area (Å²) in [6.45, 7) is 0. The van der Waals surface area contributed by atoms with Gasteiger partial charge in [0.25, 0.3) is 0 Å². The lowest BCUT2D eigenvalue weighted by molar-refractivity contribution is 1.17. The van der Waals surface area contributed by atoms with Gasteiger partial charge < -0.3 is 14.0 Å². The highest BCUT2D eigenvalue weighted by Crippen LogP contribution is 2.45. The quantitative estimate of drug-likeness (QED) is 0.165. The van der Waals surface area contributed by atoms with E-state index in [0.717, 1.165) is 34.0 Å². The summed E-state index contributed by atoms with van der Waals surface area (Å²) < 4.78 is 4.89. The van der Waals surface area contributed by atoms with Crippen molar-refractivity contribution in [2.24, 2.45) is 0 Å². The second-order valence-electron chi connectivity index (χ2n) is 15.4. The van der Waals surface area contributed by atoms with E-state index in [2.05, 4.69) is 238 Å². The van der Waals surface area contributed by atoms with Crippen LogP contribution in [0, 0.1) is 0 Å². The third-order valence-corrected chi connectivity index (χ3v) is 12.0. The van der Waals surface area contributed by atoms with E-state index < -0.39 is 0 Å². The molecule has 12 rings (SSSR count). The van der Waals surface area contributed by atoms with E-state index >= 15 is 0 Å². The molecular weight excluding hydrogens is 715 g/mol. The summed E-state index contributed by atoms with van der Waals surface area (Å²) in [7, 11) is 0. The smallest absolute Gasteiger partial charge is 0.0619 e. The SMILES string of the molecule is c1ccc(-n2c3ccccc3c3cccc(-c4cc(N(c5ccc6ccccc6c5)c5cccc6ccccc56)cc(-n5c6ccccc6c6ccccc65)c4)c32)cc1. The van der Waals surface area contributed by atoms with Crippen LogP contribution in [0.4, 0.5) is 17.1 Å². The molecule has 0 aliphatic rings. The molecule has 0 saturated heterocycles. The highest BCUT2D eigenvalue weighted by atomic mass is 15.1. The van der Waals surface area contributed by atoms with Crippen molar-refractivity contribution in [3.63, 3.8) is 0 Å². The zero-order chi connectivity index (χ0) is 38.9. The molecule has 2 heterocycles. The van der Waals surface area contributed by atoms with Gasteiger partial charge in [0.15, 0.2) is 0 Å². The number of nitrogens with zero attached hydrogens (tertiary/aromatic N) is 3. The second-order valence-corrected chi connectivity index (χ2v) is 15.4. The Labute approximate surface area is 341 Å². The van der Waals surface area contributed by atoms with Crippen molar-refractivity contribution >= 4 is 82.2 Å². The predicted molar refractivity (Wildman–Crippen MR) is 250 cm³/mol. The van der Waals surface area contributed by atoms with Gasteiger partial charge in [0.05, 0.1) is 27.8 Å². The third kappa shape index (κ3) is 5.29. The summed E-state index contributed by atoms with van der Waals surface area (Å²) in [6, 6.07) is 82.0. The number of benzene rings is 10. The maximum absolute atomic E-state index is 2.46. The van der Waals surface area contributed by atoms with Crippen molar-refractivity contribution in [2.45, 2.75) is 0 Å². The Kier molecular flexibility index (Phi) is 7.54. The first-order valence-electron chi connectivity index (χ1n) is 20.3. The monoisotopic (exact) mass is 751 g/mol. The minimum absolute atomic E-state index is 1.07. The van der Waals surface area contributed by atoms with Crippen molar-refractivity contribution in [1.82, 2.24) is 9.13 Å². The van der Waals surface area contributed by atoms with E-state index in [1.165, 1.54) is 70.7 Å². The number of hydrogen-bond donors (Lipinski definition) is 0. The van der Waals surface area contributed by atoms with Crippen LogP contribution in [-0.2, 0) is 0 Å². The van der Waals surface area contributed by atoms with E-state index in [1.54, 1.807) is 0 Å².